The molecule has 0 aliphatic rings. The largest absolute Gasteiger partial charge is 0.494 e. The Hall–Kier alpha value is -3.50. The van der Waals surface area contributed by atoms with Crippen molar-refractivity contribution in [2.45, 2.75) is 4.90 Å². The number of hydrogen-bond acceptors (Lipinski definition) is 6. The van der Waals surface area contributed by atoms with Crippen LogP contribution in [0.4, 0.5) is 11.4 Å². The van der Waals surface area contributed by atoms with Gasteiger partial charge in [0, 0.05) is 24.7 Å². The molecule has 10 heteroatoms. The number of anilines is 1. The van der Waals surface area contributed by atoms with Gasteiger partial charge < -0.3 is 10.1 Å². The number of carbonyl (C=O) groups excluding carboxylic acids is 1. The molecule has 1 N–H and O–H groups in total. The monoisotopic (exact) mass is 431 g/mol. The highest BCUT2D eigenvalue weighted by molar-refractivity contribution is 7.89. The van der Waals surface area contributed by atoms with Crippen LogP contribution in [-0.4, -0.2) is 43.8 Å². The number of nitro groups is 1. The highest BCUT2D eigenvalue weighted by Gasteiger charge is 2.23. The highest BCUT2D eigenvalue weighted by atomic mass is 32.2. The Kier molecular flexibility index (Phi) is 7.45. The average Bonchev–Trinajstić information content (AvgIpc) is 2.73. The van der Waals surface area contributed by atoms with Gasteiger partial charge in [-0.3, -0.25) is 14.9 Å². The van der Waals surface area contributed by atoms with E-state index in [9.17, 15) is 23.3 Å². The summed E-state index contributed by atoms with van der Waals surface area (Å²) in [5.41, 5.74) is 0.268. The second-order valence-corrected chi connectivity index (χ2v) is 7.96. The number of nitrogens with one attached hydrogen (secondary N) is 1. The fourth-order valence-corrected chi connectivity index (χ4v) is 3.96. The minimum Gasteiger partial charge on any atom is -0.494 e. The number of methoxy groups -OCH3 is 1. The maximum absolute atomic E-state index is 12.7. The zero-order valence-electron chi connectivity index (χ0n) is 16.3. The molecule has 0 saturated carbocycles. The van der Waals surface area contributed by atoms with Gasteiger partial charge in [0.1, 0.15) is 5.75 Å². The maximum atomic E-state index is 12.7. The van der Waals surface area contributed by atoms with Crippen LogP contribution in [0.5, 0.6) is 5.75 Å². The van der Waals surface area contributed by atoms with Crippen molar-refractivity contribution in [3.05, 3.63) is 83.5 Å². The first kappa shape index (κ1) is 22.8. The third-order valence-corrected chi connectivity index (χ3v) is 5.91. The normalized spacial score (nSPS) is 11.0. The summed E-state index contributed by atoms with van der Waals surface area (Å²) in [6, 6.07) is 9.20. The topological polar surface area (TPSA) is 119 Å². The van der Waals surface area contributed by atoms with Crippen LogP contribution in [0.1, 0.15) is 10.4 Å². The Morgan fingerprint density at radius 1 is 1.17 bits per heavy atom. The molecule has 0 unspecified atom stereocenters. The van der Waals surface area contributed by atoms with Gasteiger partial charge in [-0.15, -0.1) is 13.2 Å². The lowest BCUT2D eigenvalue weighted by Crippen LogP contribution is -2.31. The van der Waals surface area contributed by atoms with Crippen molar-refractivity contribution in [3.63, 3.8) is 0 Å². The third-order valence-electron chi connectivity index (χ3n) is 4.06. The highest BCUT2D eigenvalue weighted by Crippen LogP contribution is 2.29. The molecule has 0 saturated heterocycles. The molecule has 0 atom stereocenters. The van der Waals surface area contributed by atoms with E-state index in [4.69, 9.17) is 4.74 Å². The summed E-state index contributed by atoms with van der Waals surface area (Å²) in [5, 5.41) is 13.5. The number of carbonyl (C=O) groups is 1. The lowest BCUT2D eigenvalue weighted by Gasteiger charge is -2.19. The molecule has 0 radical (unpaired) electrons. The van der Waals surface area contributed by atoms with E-state index in [1.54, 1.807) is 0 Å². The average molecular weight is 431 g/mol. The van der Waals surface area contributed by atoms with Gasteiger partial charge in [0.15, 0.2) is 0 Å². The van der Waals surface area contributed by atoms with E-state index in [1.807, 2.05) is 0 Å². The van der Waals surface area contributed by atoms with Crippen LogP contribution < -0.4 is 10.1 Å². The lowest BCUT2D eigenvalue weighted by molar-refractivity contribution is -0.384. The molecule has 2 aromatic carbocycles. The van der Waals surface area contributed by atoms with Crippen LogP contribution >= 0.6 is 0 Å². The van der Waals surface area contributed by atoms with Gasteiger partial charge in [-0.25, -0.2) is 8.42 Å². The van der Waals surface area contributed by atoms with Gasteiger partial charge in [0.05, 0.1) is 28.7 Å². The number of ether oxygens (including phenoxy) is 1. The number of rotatable bonds is 10. The summed E-state index contributed by atoms with van der Waals surface area (Å²) in [6.07, 6.45) is 2.95. The van der Waals surface area contributed by atoms with Crippen molar-refractivity contribution < 1.29 is 22.9 Å². The molecule has 0 aliphatic carbocycles. The molecule has 0 aliphatic heterocycles. The lowest BCUT2D eigenvalue weighted by atomic mass is 10.2. The number of sulfonamides is 1. The molecule has 0 bridgehead atoms. The number of non-ortho nitro benzene ring substituents is 1. The van der Waals surface area contributed by atoms with Crippen LogP contribution in [0.2, 0.25) is 0 Å². The molecule has 0 aromatic heterocycles. The SMILES string of the molecule is C=CCN(CC=C)S(=O)(=O)c1ccc(C(=O)Nc2ccc([N+](=O)[O-])cc2OC)cc1. The summed E-state index contributed by atoms with van der Waals surface area (Å²) in [7, 11) is -2.45. The quantitative estimate of drug-likeness (QED) is 0.350. The van der Waals surface area contributed by atoms with Crippen molar-refractivity contribution in [1.82, 2.24) is 4.31 Å². The van der Waals surface area contributed by atoms with E-state index in [0.29, 0.717) is 0 Å². The van der Waals surface area contributed by atoms with Crippen LogP contribution in [0.25, 0.3) is 0 Å². The molecule has 0 fully saturated rings. The molecule has 2 rings (SSSR count). The molecular weight excluding hydrogens is 410 g/mol. The third kappa shape index (κ3) is 5.10. The van der Waals surface area contributed by atoms with E-state index in [0.717, 1.165) is 0 Å². The van der Waals surface area contributed by atoms with Gasteiger partial charge in [-0.1, -0.05) is 12.2 Å². The fraction of sp³-hybridized carbons (Fsp3) is 0.150. The van der Waals surface area contributed by atoms with Gasteiger partial charge >= 0.3 is 0 Å². The number of amides is 1. The summed E-state index contributed by atoms with van der Waals surface area (Å²) in [6.45, 7) is 7.35. The van der Waals surface area contributed by atoms with E-state index in [2.05, 4.69) is 18.5 Å². The number of nitro benzene ring substituents is 1. The first-order valence-corrected chi connectivity index (χ1v) is 10.1. The summed E-state index contributed by atoms with van der Waals surface area (Å²) in [4.78, 5) is 22.8. The zero-order valence-corrected chi connectivity index (χ0v) is 17.1. The van der Waals surface area contributed by atoms with Crippen LogP contribution in [0.3, 0.4) is 0 Å². The number of hydrogen-bond donors (Lipinski definition) is 1. The predicted octanol–water partition coefficient (Wildman–Crippen LogP) is 3.22. The molecule has 0 spiro atoms. The molecule has 1 amide bonds. The van der Waals surface area contributed by atoms with E-state index in [1.165, 1.54) is 66.0 Å². The Morgan fingerprint density at radius 3 is 2.27 bits per heavy atom. The zero-order chi connectivity index (χ0) is 22.3. The predicted molar refractivity (Wildman–Crippen MR) is 113 cm³/mol. The van der Waals surface area contributed by atoms with Gasteiger partial charge in [-0.05, 0) is 30.3 Å². The number of nitrogens with zero attached hydrogens (tertiary/aromatic N) is 2. The van der Waals surface area contributed by atoms with Crippen molar-refractivity contribution in [2.75, 3.05) is 25.5 Å². The van der Waals surface area contributed by atoms with Crippen molar-refractivity contribution >= 4 is 27.3 Å². The van der Waals surface area contributed by atoms with Gasteiger partial charge in [0.2, 0.25) is 10.0 Å². The molecule has 158 valence electrons. The Balaban J connectivity index is 2.24. The van der Waals surface area contributed by atoms with Gasteiger partial charge in [0.25, 0.3) is 11.6 Å². The Bertz CT molecular complexity index is 1050. The van der Waals surface area contributed by atoms with Crippen LogP contribution in [0, 0.1) is 10.1 Å². The van der Waals surface area contributed by atoms with Crippen LogP contribution in [-0.2, 0) is 10.0 Å². The van der Waals surface area contributed by atoms with E-state index >= 15 is 0 Å². The molecule has 30 heavy (non-hydrogen) atoms. The van der Waals surface area contributed by atoms with Crippen molar-refractivity contribution in [3.8, 4) is 5.75 Å². The maximum Gasteiger partial charge on any atom is 0.273 e. The molecular formula is C20H21N3O6S. The number of benzene rings is 2. The standard InChI is InChI=1S/C20H21N3O6S/c1-4-12-22(13-5-2)30(27,28)17-9-6-15(7-10-17)20(24)21-18-11-8-16(23(25)26)14-19(18)29-3/h4-11,14H,1-2,12-13H2,3H3,(H,21,24). The Morgan fingerprint density at radius 2 is 1.77 bits per heavy atom. The van der Waals surface area contributed by atoms with Crippen LogP contribution in [0.15, 0.2) is 72.7 Å². The molecule has 2 aromatic rings. The van der Waals surface area contributed by atoms with Crippen molar-refractivity contribution in [1.29, 1.82) is 0 Å². The van der Waals surface area contributed by atoms with E-state index in [-0.39, 0.29) is 40.7 Å². The summed E-state index contributed by atoms with van der Waals surface area (Å²) >= 11 is 0. The van der Waals surface area contributed by atoms with Gasteiger partial charge in [-0.2, -0.15) is 4.31 Å². The van der Waals surface area contributed by atoms with Crippen molar-refractivity contribution in [2.24, 2.45) is 0 Å². The minimum atomic E-state index is -3.78. The second kappa shape index (κ2) is 9.81. The fourth-order valence-electron chi connectivity index (χ4n) is 2.58. The molecule has 0 heterocycles. The smallest absolute Gasteiger partial charge is 0.273 e. The summed E-state index contributed by atoms with van der Waals surface area (Å²) in [5.74, 6) is -0.401. The second-order valence-electron chi connectivity index (χ2n) is 6.02. The summed E-state index contributed by atoms with van der Waals surface area (Å²) < 4.78 is 31.7. The Labute approximate surface area is 174 Å². The molecule has 9 nitrogen and oxygen atoms in total. The minimum absolute atomic E-state index is 0.0238. The first-order valence-electron chi connectivity index (χ1n) is 8.70. The first-order chi connectivity index (χ1) is 14.2. The van der Waals surface area contributed by atoms with E-state index < -0.39 is 20.9 Å².